The van der Waals surface area contributed by atoms with E-state index in [0.29, 0.717) is 19.3 Å². The van der Waals surface area contributed by atoms with Gasteiger partial charge in [0.2, 0.25) is 0 Å². The van der Waals surface area contributed by atoms with Gasteiger partial charge in [0, 0.05) is 5.41 Å². The fourth-order valence-electron chi connectivity index (χ4n) is 10.2. The lowest BCUT2D eigenvalue weighted by atomic mass is 9.34. The number of aliphatic hydroxyl groups is 4. The second-order valence-electron chi connectivity index (χ2n) is 14.6. The molecule has 0 radical (unpaired) electrons. The van der Waals surface area contributed by atoms with Crippen LogP contribution in [0.2, 0.25) is 0 Å². The first-order chi connectivity index (χ1) is 15.5. The van der Waals surface area contributed by atoms with E-state index >= 15 is 0 Å². The largest absolute Gasteiger partial charge is 0.393 e. The molecule has 3 unspecified atom stereocenters. The Morgan fingerprint density at radius 1 is 0.912 bits per heavy atom. The third kappa shape index (κ3) is 3.52. The van der Waals surface area contributed by atoms with Crippen LogP contribution >= 0.6 is 0 Å². The summed E-state index contributed by atoms with van der Waals surface area (Å²) in [6.45, 7) is 17.5. The summed E-state index contributed by atoms with van der Waals surface area (Å²) >= 11 is 0. The Labute approximate surface area is 208 Å². The van der Waals surface area contributed by atoms with Crippen molar-refractivity contribution in [2.45, 2.75) is 131 Å². The zero-order chi connectivity index (χ0) is 25.5. The van der Waals surface area contributed by atoms with E-state index in [1.165, 1.54) is 5.57 Å². The molecule has 0 saturated heterocycles. The van der Waals surface area contributed by atoms with Crippen LogP contribution in [0.25, 0.3) is 0 Å². The van der Waals surface area contributed by atoms with Crippen molar-refractivity contribution < 1.29 is 20.4 Å². The molecule has 0 amide bonds. The quantitative estimate of drug-likeness (QED) is 0.406. The zero-order valence-electron chi connectivity index (χ0n) is 23.1. The minimum atomic E-state index is -0.832. The van der Waals surface area contributed by atoms with E-state index in [0.717, 1.165) is 32.1 Å². The van der Waals surface area contributed by atoms with E-state index in [2.05, 4.69) is 54.5 Å². The molecule has 0 heterocycles. The van der Waals surface area contributed by atoms with Crippen LogP contribution in [-0.4, -0.2) is 44.3 Å². The standard InChI is InChI=1S/C30H52O4/c1-18(2)10-9-13-29(7,34)19-11-15-28(6)25(19)20(31)16-22-27(5)14-12-23(32)26(3,4)21(27)17-24(33)30(22,28)8/h10,19-25,31-34H,9,11-17H2,1-8H3/t19-,20+,21?,22?,23-,24-,25?,27-,28+,29-,30-/m0/s1. The van der Waals surface area contributed by atoms with E-state index in [9.17, 15) is 20.4 Å². The second-order valence-corrected chi connectivity index (χ2v) is 14.6. The van der Waals surface area contributed by atoms with Gasteiger partial charge in [0.15, 0.2) is 0 Å². The Morgan fingerprint density at radius 2 is 1.56 bits per heavy atom. The van der Waals surface area contributed by atoms with Gasteiger partial charge < -0.3 is 20.4 Å². The first-order valence-corrected chi connectivity index (χ1v) is 13.9. The van der Waals surface area contributed by atoms with Crippen molar-refractivity contribution in [3.63, 3.8) is 0 Å². The molecule has 4 nitrogen and oxygen atoms in total. The van der Waals surface area contributed by atoms with Crippen LogP contribution in [0.3, 0.4) is 0 Å². The molecule has 196 valence electrons. The lowest BCUT2D eigenvalue weighted by molar-refractivity contribution is -0.281. The second kappa shape index (κ2) is 8.30. The van der Waals surface area contributed by atoms with Gasteiger partial charge in [-0.15, -0.1) is 0 Å². The number of hydrogen-bond acceptors (Lipinski definition) is 4. The summed E-state index contributed by atoms with van der Waals surface area (Å²) in [7, 11) is 0. The lowest BCUT2D eigenvalue weighted by Crippen LogP contribution is -2.70. The zero-order valence-corrected chi connectivity index (χ0v) is 23.1. The molecule has 4 aliphatic carbocycles. The average Bonchev–Trinajstić information content (AvgIpc) is 3.10. The Kier molecular flexibility index (Phi) is 6.50. The van der Waals surface area contributed by atoms with E-state index in [1.54, 1.807) is 0 Å². The van der Waals surface area contributed by atoms with E-state index in [4.69, 9.17) is 0 Å². The number of aliphatic hydroxyl groups excluding tert-OH is 3. The average molecular weight is 477 g/mol. The Hall–Kier alpha value is -0.420. The first kappa shape index (κ1) is 26.6. The van der Waals surface area contributed by atoms with Crippen molar-refractivity contribution in [2.75, 3.05) is 0 Å². The van der Waals surface area contributed by atoms with Gasteiger partial charge in [0.25, 0.3) is 0 Å². The molecule has 4 rings (SSSR count). The Balaban J connectivity index is 1.71. The molecule has 4 heteroatoms. The predicted octanol–water partition coefficient (Wildman–Crippen LogP) is 5.47. The fraction of sp³-hybridized carbons (Fsp3) is 0.933. The molecule has 4 N–H and O–H groups in total. The smallest absolute Gasteiger partial charge is 0.0654 e. The Morgan fingerprint density at radius 3 is 2.18 bits per heavy atom. The number of allylic oxidation sites excluding steroid dienone is 2. The van der Waals surface area contributed by atoms with Gasteiger partial charge in [-0.05, 0) is 112 Å². The van der Waals surface area contributed by atoms with Crippen LogP contribution in [0.4, 0.5) is 0 Å². The highest BCUT2D eigenvalue weighted by molar-refractivity contribution is 5.22. The fourth-order valence-corrected chi connectivity index (χ4v) is 10.2. The number of rotatable bonds is 4. The summed E-state index contributed by atoms with van der Waals surface area (Å²) in [4.78, 5) is 0. The van der Waals surface area contributed by atoms with E-state index in [-0.39, 0.29) is 51.4 Å². The normalized spacial score (nSPS) is 51.6. The lowest BCUT2D eigenvalue weighted by Gasteiger charge is -2.71. The van der Waals surface area contributed by atoms with Crippen molar-refractivity contribution in [3.05, 3.63) is 11.6 Å². The minimum Gasteiger partial charge on any atom is -0.393 e. The third-order valence-electron chi connectivity index (χ3n) is 12.4. The molecule has 0 spiro atoms. The highest BCUT2D eigenvalue weighted by Crippen LogP contribution is 2.75. The maximum atomic E-state index is 11.9. The molecule has 0 aromatic heterocycles. The summed E-state index contributed by atoms with van der Waals surface area (Å²) in [5.74, 6) is 0.463. The van der Waals surface area contributed by atoms with Crippen LogP contribution < -0.4 is 0 Å². The number of hydrogen-bond donors (Lipinski definition) is 4. The van der Waals surface area contributed by atoms with Gasteiger partial charge >= 0.3 is 0 Å². The highest BCUT2D eigenvalue weighted by atomic mass is 16.3. The Bertz CT molecular complexity index is 813. The van der Waals surface area contributed by atoms with Gasteiger partial charge in [0.05, 0.1) is 23.9 Å². The molecule has 0 aliphatic heterocycles. The van der Waals surface area contributed by atoms with Crippen LogP contribution in [0.15, 0.2) is 11.6 Å². The third-order valence-corrected chi connectivity index (χ3v) is 12.4. The molecule has 11 atom stereocenters. The summed E-state index contributed by atoms with van der Waals surface area (Å²) in [6.07, 6.45) is 7.47. The van der Waals surface area contributed by atoms with Crippen molar-refractivity contribution in [3.8, 4) is 0 Å². The summed E-state index contributed by atoms with van der Waals surface area (Å²) < 4.78 is 0. The van der Waals surface area contributed by atoms with Gasteiger partial charge in [-0.2, -0.15) is 0 Å². The summed E-state index contributed by atoms with van der Waals surface area (Å²) in [6, 6.07) is 0. The molecular weight excluding hydrogens is 424 g/mol. The SMILES string of the molecule is CC(C)=CCC[C@](C)(O)[C@H]1CC[C@]2(C)C1[C@H](O)CC1[C@@]3(C)CC[C@H](O)C(C)(C)C3C[C@H](O)[C@]12C. The van der Waals surface area contributed by atoms with Gasteiger partial charge in [-0.25, -0.2) is 0 Å². The highest BCUT2D eigenvalue weighted by Gasteiger charge is 2.73. The van der Waals surface area contributed by atoms with Gasteiger partial charge in [0.1, 0.15) is 0 Å². The van der Waals surface area contributed by atoms with Crippen LogP contribution in [0.1, 0.15) is 107 Å². The predicted molar refractivity (Wildman–Crippen MR) is 137 cm³/mol. The van der Waals surface area contributed by atoms with Crippen LogP contribution in [0, 0.1) is 45.3 Å². The topological polar surface area (TPSA) is 80.9 Å². The molecule has 4 fully saturated rings. The molecule has 34 heavy (non-hydrogen) atoms. The van der Waals surface area contributed by atoms with Crippen LogP contribution in [0.5, 0.6) is 0 Å². The van der Waals surface area contributed by atoms with E-state index < -0.39 is 17.8 Å². The van der Waals surface area contributed by atoms with E-state index in [1.807, 2.05) is 6.92 Å². The van der Waals surface area contributed by atoms with Crippen molar-refractivity contribution in [1.82, 2.24) is 0 Å². The minimum absolute atomic E-state index is 0.00700. The molecule has 0 bridgehead atoms. The monoisotopic (exact) mass is 476 g/mol. The maximum Gasteiger partial charge on any atom is 0.0654 e. The van der Waals surface area contributed by atoms with Crippen molar-refractivity contribution >= 4 is 0 Å². The van der Waals surface area contributed by atoms with Gasteiger partial charge in [-0.1, -0.05) is 46.3 Å². The molecule has 4 saturated carbocycles. The van der Waals surface area contributed by atoms with Gasteiger partial charge in [-0.3, -0.25) is 0 Å². The molecule has 0 aromatic carbocycles. The maximum absolute atomic E-state index is 11.9. The number of fused-ring (bicyclic) bond motifs is 5. The van der Waals surface area contributed by atoms with Crippen molar-refractivity contribution in [2.24, 2.45) is 45.3 Å². The molecule has 4 aliphatic rings. The molecule has 0 aromatic rings. The van der Waals surface area contributed by atoms with Crippen molar-refractivity contribution in [1.29, 1.82) is 0 Å². The molecular formula is C30H52O4. The first-order valence-electron chi connectivity index (χ1n) is 13.9. The summed E-state index contributed by atoms with van der Waals surface area (Å²) in [5.41, 5.74) is -0.365. The summed E-state index contributed by atoms with van der Waals surface area (Å²) in [5, 5.41) is 46.2. The van der Waals surface area contributed by atoms with Crippen LogP contribution in [-0.2, 0) is 0 Å².